The second-order valence-corrected chi connectivity index (χ2v) is 8.22. The molecule has 24 heavy (non-hydrogen) atoms. The van der Waals surface area contributed by atoms with Crippen LogP contribution >= 0.6 is 0 Å². The molecule has 0 spiro atoms. The third kappa shape index (κ3) is 2.69. The fourth-order valence-corrected chi connectivity index (χ4v) is 4.67. The van der Waals surface area contributed by atoms with Crippen molar-refractivity contribution in [3.05, 3.63) is 29.8 Å². The molecule has 1 aliphatic carbocycles. The molecule has 1 atom stereocenters. The van der Waals surface area contributed by atoms with Crippen LogP contribution in [0.25, 0.3) is 0 Å². The number of carboxylic acids is 1. The minimum Gasteiger partial charge on any atom is -0.481 e. The van der Waals surface area contributed by atoms with Crippen molar-refractivity contribution in [1.82, 2.24) is 4.31 Å². The van der Waals surface area contributed by atoms with Crippen molar-refractivity contribution < 1.29 is 27.9 Å². The van der Waals surface area contributed by atoms with E-state index in [2.05, 4.69) is 0 Å². The predicted octanol–water partition coefficient (Wildman–Crippen LogP) is 0.986. The second kappa shape index (κ2) is 5.86. The normalized spacial score (nSPS) is 23.0. The molecular formula is C16H19NO6S. The summed E-state index contributed by atoms with van der Waals surface area (Å²) in [6.45, 7) is 0.193. The van der Waals surface area contributed by atoms with Gasteiger partial charge in [-0.1, -0.05) is 12.1 Å². The molecule has 1 aromatic carbocycles. The molecule has 1 aliphatic heterocycles. The number of benzene rings is 1. The number of aliphatic carboxylic acids is 1. The summed E-state index contributed by atoms with van der Waals surface area (Å²) in [6, 6.07) is 6.23. The van der Waals surface area contributed by atoms with Gasteiger partial charge in [0.1, 0.15) is 0 Å². The molecule has 130 valence electrons. The van der Waals surface area contributed by atoms with Gasteiger partial charge < -0.3 is 9.84 Å². The highest BCUT2D eigenvalue weighted by molar-refractivity contribution is 7.89. The lowest BCUT2D eigenvalue weighted by Gasteiger charge is -2.17. The molecule has 1 saturated heterocycles. The minimum absolute atomic E-state index is 0.00842. The van der Waals surface area contributed by atoms with Gasteiger partial charge >= 0.3 is 11.9 Å². The Bertz CT molecular complexity index is 766. The van der Waals surface area contributed by atoms with Crippen molar-refractivity contribution in [2.24, 2.45) is 5.92 Å². The fourth-order valence-electron chi connectivity index (χ4n) is 3.17. The number of hydrogen-bond donors (Lipinski definition) is 1. The molecule has 7 nitrogen and oxygen atoms in total. The molecule has 1 heterocycles. The average molecular weight is 353 g/mol. The van der Waals surface area contributed by atoms with Gasteiger partial charge in [-0.3, -0.25) is 9.59 Å². The standard InChI is InChI=1S/C16H19NO6S/c1-23-15(20)16(7-8-16)12-2-4-13(5-3-12)24(21,22)17-9-6-11(10-17)14(18)19/h2-5,11H,6-10H2,1H3,(H,18,19). The number of hydrogen-bond acceptors (Lipinski definition) is 5. The lowest BCUT2D eigenvalue weighted by Crippen LogP contribution is -2.30. The smallest absolute Gasteiger partial charge is 0.316 e. The first kappa shape index (κ1) is 16.9. The van der Waals surface area contributed by atoms with Crippen molar-refractivity contribution in [3.63, 3.8) is 0 Å². The van der Waals surface area contributed by atoms with Gasteiger partial charge in [-0.2, -0.15) is 4.31 Å². The van der Waals surface area contributed by atoms with Crippen LogP contribution in [-0.4, -0.2) is 50.0 Å². The summed E-state index contributed by atoms with van der Waals surface area (Å²) < 4.78 is 31.2. The maximum atomic E-state index is 12.6. The average Bonchev–Trinajstić information content (AvgIpc) is 3.22. The number of carbonyl (C=O) groups excluding carboxylic acids is 1. The van der Waals surface area contributed by atoms with Crippen LogP contribution in [0.2, 0.25) is 0 Å². The first-order valence-corrected chi connectivity index (χ1v) is 9.17. The van der Waals surface area contributed by atoms with Crippen molar-refractivity contribution >= 4 is 22.0 Å². The monoisotopic (exact) mass is 353 g/mol. The van der Waals surface area contributed by atoms with Crippen LogP contribution in [0.3, 0.4) is 0 Å². The fraction of sp³-hybridized carbons (Fsp3) is 0.500. The summed E-state index contributed by atoms with van der Waals surface area (Å²) in [5.74, 6) is -1.94. The summed E-state index contributed by atoms with van der Waals surface area (Å²) in [7, 11) is -2.38. The van der Waals surface area contributed by atoms with Crippen LogP contribution in [0, 0.1) is 5.92 Å². The van der Waals surface area contributed by atoms with Crippen LogP contribution in [-0.2, 0) is 29.8 Å². The minimum atomic E-state index is -3.72. The molecule has 2 fully saturated rings. The van der Waals surface area contributed by atoms with Gasteiger partial charge in [-0.25, -0.2) is 8.42 Å². The topological polar surface area (TPSA) is 101 Å². The summed E-state index contributed by atoms with van der Waals surface area (Å²) in [5, 5.41) is 9.01. The molecule has 0 bridgehead atoms. The number of esters is 1. The Labute approximate surface area is 140 Å². The van der Waals surface area contributed by atoms with Crippen LogP contribution < -0.4 is 0 Å². The highest BCUT2D eigenvalue weighted by Crippen LogP contribution is 2.49. The summed E-state index contributed by atoms with van der Waals surface area (Å²) >= 11 is 0. The molecule has 0 amide bonds. The van der Waals surface area contributed by atoms with E-state index in [0.717, 1.165) is 5.56 Å². The van der Waals surface area contributed by atoms with E-state index < -0.39 is 27.3 Å². The molecule has 1 N–H and O–H groups in total. The molecule has 1 saturated carbocycles. The zero-order valence-corrected chi connectivity index (χ0v) is 14.1. The number of nitrogens with zero attached hydrogens (tertiary/aromatic N) is 1. The van der Waals surface area contributed by atoms with Gasteiger partial charge in [-0.05, 0) is 37.0 Å². The van der Waals surface area contributed by atoms with Gasteiger partial charge in [0.2, 0.25) is 10.0 Å². The van der Waals surface area contributed by atoms with E-state index in [1.807, 2.05) is 0 Å². The third-order valence-corrected chi connectivity index (χ3v) is 6.75. The molecule has 1 aromatic rings. The number of carbonyl (C=O) groups is 2. The number of rotatable bonds is 5. The van der Waals surface area contributed by atoms with Crippen molar-refractivity contribution in [2.45, 2.75) is 29.6 Å². The van der Waals surface area contributed by atoms with E-state index in [0.29, 0.717) is 19.3 Å². The van der Waals surface area contributed by atoms with E-state index in [4.69, 9.17) is 9.84 Å². The zero-order valence-electron chi connectivity index (χ0n) is 13.3. The molecule has 2 aliphatic rings. The third-order valence-electron chi connectivity index (χ3n) is 4.87. The summed E-state index contributed by atoms with van der Waals surface area (Å²) in [5.41, 5.74) is 0.108. The first-order chi connectivity index (χ1) is 11.3. The molecular weight excluding hydrogens is 334 g/mol. The molecule has 8 heteroatoms. The maximum Gasteiger partial charge on any atom is 0.316 e. The van der Waals surface area contributed by atoms with Crippen LogP contribution in [0.4, 0.5) is 0 Å². The largest absolute Gasteiger partial charge is 0.481 e. The maximum absolute atomic E-state index is 12.6. The second-order valence-electron chi connectivity index (χ2n) is 6.28. The summed E-state index contributed by atoms with van der Waals surface area (Å²) in [6.07, 6.45) is 1.70. The SMILES string of the molecule is COC(=O)C1(c2ccc(S(=O)(=O)N3CCC(C(=O)O)C3)cc2)CC1. The van der Waals surface area contributed by atoms with Crippen molar-refractivity contribution in [1.29, 1.82) is 0 Å². The Hall–Kier alpha value is -1.93. The van der Waals surface area contributed by atoms with Gasteiger partial charge in [0.05, 0.1) is 23.3 Å². The van der Waals surface area contributed by atoms with Gasteiger partial charge in [0, 0.05) is 13.1 Å². The number of methoxy groups -OCH3 is 1. The highest BCUT2D eigenvalue weighted by atomic mass is 32.2. The molecule has 3 rings (SSSR count). The number of ether oxygens (including phenoxy) is 1. The Balaban J connectivity index is 1.81. The molecule has 0 radical (unpaired) electrons. The van der Waals surface area contributed by atoms with Gasteiger partial charge in [0.15, 0.2) is 0 Å². The lowest BCUT2D eigenvalue weighted by molar-refractivity contribution is -0.144. The summed E-state index contributed by atoms with van der Waals surface area (Å²) in [4.78, 5) is 23.0. The van der Waals surface area contributed by atoms with Gasteiger partial charge in [0.25, 0.3) is 0 Å². The van der Waals surface area contributed by atoms with E-state index in [1.54, 1.807) is 12.1 Å². The van der Waals surface area contributed by atoms with E-state index in [-0.39, 0.29) is 24.0 Å². The Morgan fingerprint density at radius 2 is 1.88 bits per heavy atom. The Morgan fingerprint density at radius 3 is 2.33 bits per heavy atom. The highest BCUT2D eigenvalue weighted by Gasteiger charge is 2.52. The van der Waals surface area contributed by atoms with Crippen LogP contribution in [0.1, 0.15) is 24.8 Å². The van der Waals surface area contributed by atoms with Crippen LogP contribution in [0.5, 0.6) is 0 Å². The first-order valence-electron chi connectivity index (χ1n) is 7.73. The van der Waals surface area contributed by atoms with E-state index in [1.165, 1.54) is 23.5 Å². The quantitative estimate of drug-likeness (QED) is 0.792. The lowest BCUT2D eigenvalue weighted by atomic mass is 9.96. The Morgan fingerprint density at radius 1 is 1.25 bits per heavy atom. The van der Waals surface area contributed by atoms with E-state index >= 15 is 0 Å². The number of sulfonamides is 1. The molecule has 1 unspecified atom stereocenters. The predicted molar refractivity (Wildman–Crippen MR) is 83.9 cm³/mol. The molecule has 0 aromatic heterocycles. The van der Waals surface area contributed by atoms with E-state index in [9.17, 15) is 18.0 Å². The zero-order chi connectivity index (χ0) is 17.5. The van der Waals surface area contributed by atoms with Crippen molar-refractivity contribution in [3.8, 4) is 0 Å². The van der Waals surface area contributed by atoms with Crippen molar-refractivity contribution in [2.75, 3.05) is 20.2 Å². The van der Waals surface area contributed by atoms with Gasteiger partial charge in [-0.15, -0.1) is 0 Å². The Kier molecular flexibility index (Phi) is 4.13. The number of carboxylic acid groups (broad SMARTS) is 1. The van der Waals surface area contributed by atoms with Crippen LogP contribution in [0.15, 0.2) is 29.2 Å².